The Balaban J connectivity index is 2.79. The zero-order valence-corrected chi connectivity index (χ0v) is 31.9. The largest absolute Gasteiger partial charge is 0.472 e. The molecule has 0 saturated heterocycles. The van der Waals surface area contributed by atoms with Crippen molar-refractivity contribution >= 4 is 27.6 Å². The number of aliphatic hydroxyl groups excluding tert-OH is 4. The number of rotatable bonds is 24. The molecular formula is C36H50O16P2. The molecule has 54 heavy (non-hydrogen) atoms. The number of terminal acetylenes is 1. The van der Waals surface area contributed by atoms with Crippen LogP contribution < -0.4 is 0 Å². The van der Waals surface area contributed by atoms with Crippen molar-refractivity contribution in [3.8, 4) is 59.7 Å². The standard InChI is InChI=1S/C36H50O16P2/c1-3-5-7-9-11-13-14-15-16-17-19-21-23-25-30(38)50-28(26-48-29(37)24-22-20-18-12-10-8-6-4-2)27-49-54(46,47)52-36-33(41)31(39)32(40)35(34(36)42)51-53(43,44)45/h2,28,31-36,39-42H,3,5,7,9,11,13-17,19,21,23,25-27H2,1H3,(H,46,47)(H2,43,44,45)/t28-,31+,32?,33?,34-,35-,36?/m1/s1. The summed E-state index contributed by atoms with van der Waals surface area (Å²) in [4.78, 5) is 53.3. The highest BCUT2D eigenvalue weighted by Gasteiger charge is 2.54. The van der Waals surface area contributed by atoms with Gasteiger partial charge < -0.3 is 44.6 Å². The van der Waals surface area contributed by atoms with Gasteiger partial charge in [0, 0.05) is 12.3 Å². The fourth-order valence-corrected chi connectivity index (χ4v) is 6.62. The van der Waals surface area contributed by atoms with Crippen molar-refractivity contribution in [1.29, 1.82) is 0 Å². The van der Waals surface area contributed by atoms with Gasteiger partial charge in [0.15, 0.2) is 6.10 Å². The average molecular weight is 801 g/mol. The molecule has 18 heteroatoms. The van der Waals surface area contributed by atoms with Gasteiger partial charge in [0.1, 0.15) is 43.2 Å². The van der Waals surface area contributed by atoms with Gasteiger partial charge in [0.2, 0.25) is 0 Å². The lowest BCUT2D eigenvalue weighted by atomic mass is 9.85. The second kappa shape index (κ2) is 27.4. The van der Waals surface area contributed by atoms with Crippen LogP contribution in [0, 0.1) is 59.7 Å². The van der Waals surface area contributed by atoms with E-state index in [4.69, 9.17) is 34.7 Å². The summed E-state index contributed by atoms with van der Waals surface area (Å²) >= 11 is 0. The third-order valence-corrected chi connectivity index (χ3v) is 9.28. The van der Waals surface area contributed by atoms with Gasteiger partial charge in [0.25, 0.3) is 0 Å². The Kier molecular flexibility index (Phi) is 24.8. The second-order valence-electron chi connectivity index (χ2n) is 12.2. The maximum Gasteiger partial charge on any atom is 0.472 e. The molecule has 1 rings (SSSR count). The summed E-state index contributed by atoms with van der Waals surface area (Å²) in [5, 5.41) is 40.8. The van der Waals surface area contributed by atoms with Crippen molar-refractivity contribution in [2.75, 3.05) is 13.2 Å². The summed E-state index contributed by atoms with van der Waals surface area (Å²) < 4.78 is 48.3. The number of phosphoric ester groups is 2. The van der Waals surface area contributed by atoms with Crippen LogP contribution in [0.4, 0.5) is 0 Å². The number of ether oxygens (including phenoxy) is 2. The van der Waals surface area contributed by atoms with Crippen LogP contribution in [0.3, 0.4) is 0 Å². The van der Waals surface area contributed by atoms with Crippen molar-refractivity contribution < 1.29 is 76.9 Å². The molecule has 300 valence electrons. The minimum Gasteiger partial charge on any atom is -0.456 e. The first-order chi connectivity index (χ1) is 25.6. The molecule has 0 radical (unpaired) electrons. The number of esters is 2. The summed E-state index contributed by atoms with van der Waals surface area (Å²) in [7, 11) is -10.7. The Morgan fingerprint density at radius 3 is 1.65 bits per heavy atom. The second-order valence-corrected chi connectivity index (χ2v) is 14.8. The first kappa shape index (κ1) is 48.8. The lowest BCUT2D eigenvalue weighted by molar-refractivity contribution is -0.216. The van der Waals surface area contributed by atoms with E-state index in [1.54, 1.807) is 0 Å². The molecule has 0 amide bonds. The minimum absolute atomic E-state index is 0.0285. The predicted octanol–water partition coefficient (Wildman–Crippen LogP) is 2.01. The van der Waals surface area contributed by atoms with Crippen LogP contribution in [-0.4, -0.2) is 103 Å². The van der Waals surface area contributed by atoms with Crippen LogP contribution in [-0.2, 0) is 41.8 Å². The Morgan fingerprint density at radius 2 is 1.13 bits per heavy atom. The van der Waals surface area contributed by atoms with Gasteiger partial charge in [-0.3, -0.25) is 18.4 Å². The summed E-state index contributed by atoms with van der Waals surface area (Å²) in [6.45, 7) is 0.531. The molecule has 4 unspecified atom stereocenters. The highest BCUT2D eigenvalue weighted by atomic mass is 31.2. The zero-order valence-electron chi connectivity index (χ0n) is 30.1. The average Bonchev–Trinajstić information content (AvgIpc) is 3.11. The van der Waals surface area contributed by atoms with Crippen LogP contribution in [0.15, 0.2) is 0 Å². The summed E-state index contributed by atoms with van der Waals surface area (Å²) in [5.41, 5.74) is 0. The highest BCUT2D eigenvalue weighted by Crippen LogP contribution is 2.49. The molecule has 7 N–H and O–H groups in total. The van der Waals surface area contributed by atoms with Crippen LogP contribution >= 0.6 is 15.6 Å². The van der Waals surface area contributed by atoms with Crippen molar-refractivity contribution in [2.45, 2.75) is 140 Å². The van der Waals surface area contributed by atoms with Crippen molar-refractivity contribution in [2.24, 2.45) is 0 Å². The Hall–Kier alpha value is -3.20. The summed E-state index contributed by atoms with van der Waals surface area (Å²) in [5.74, 6) is 18.2. The summed E-state index contributed by atoms with van der Waals surface area (Å²) in [6, 6.07) is 0. The molecular weight excluding hydrogens is 750 g/mol. The maximum atomic E-state index is 12.8. The van der Waals surface area contributed by atoms with E-state index in [-0.39, 0.29) is 6.42 Å². The zero-order chi connectivity index (χ0) is 40.4. The van der Waals surface area contributed by atoms with Gasteiger partial charge >= 0.3 is 27.6 Å². The molecule has 0 spiro atoms. The van der Waals surface area contributed by atoms with Crippen molar-refractivity contribution in [3.05, 3.63) is 0 Å². The molecule has 1 aliphatic carbocycles. The fraction of sp³-hybridized carbons (Fsp3) is 0.667. The van der Waals surface area contributed by atoms with Gasteiger partial charge in [-0.2, -0.15) is 0 Å². The molecule has 0 aromatic rings. The van der Waals surface area contributed by atoms with E-state index < -0.39 is 83.5 Å². The Bertz CT molecular complexity index is 1560. The van der Waals surface area contributed by atoms with Gasteiger partial charge in [0.05, 0.1) is 6.61 Å². The van der Waals surface area contributed by atoms with Gasteiger partial charge in [-0.05, 0) is 53.8 Å². The van der Waals surface area contributed by atoms with E-state index in [0.717, 1.165) is 32.1 Å². The van der Waals surface area contributed by atoms with Gasteiger partial charge in [-0.1, -0.05) is 84.0 Å². The van der Waals surface area contributed by atoms with Crippen molar-refractivity contribution in [3.63, 3.8) is 0 Å². The van der Waals surface area contributed by atoms with Crippen LogP contribution in [0.5, 0.6) is 0 Å². The third kappa shape index (κ3) is 22.2. The maximum absolute atomic E-state index is 12.8. The smallest absolute Gasteiger partial charge is 0.456 e. The number of carbonyl (C=O) groups excluding carboxylic acids is 2. The number of phosphoric acid groups is 2. The van der Waals surface area contributed by atoms with Gasteiger partial charge in [-0.15, -0.1) is 6.42 Å². The minimum atomic E-state index is -5.38. The lowest BCUT2D eigenvalue weighted by Gasteiger charge is -2.43. The third-order valence-electron chi connectivity index (χ3n) is 7.78. The highest BCUT2D eigenvalue weighted by molar-refractivity contribution is 7.47. The van der Waals surface area contributed by atoms with E-state index in [9.17, 15) is 44.0 Å². The topological polar surface area (TPSA) is 256 Å². The molecule has 0 aromatic carbocycles. The first-order valence-electron chi connectivity index (χ1n) is 17.6. The lowest BCUT2D eigenvalue weighted by Crippen LogP contribution is -2.64. The quantitative estimate of drug-likeness (QED) is 0.0242. The van der Waals surface area contributed by atoms with E-state index in [1.807, 2.05) is 5.92 Å². The number of carbonyl (C=O) groups is 2. The fourth-order valence-electron chi connectivity index (χ4n) is 5.08. The molecule has 1 saturated carbocycles. The van der Waals surface area contributed by atoms with E-state index in [0.29, 0.717) is 6.42 Å². The molecule has 16 nitrogen and oxygen atoms in total. The van der Waals surface area contributed by atoms with E-state index in [1.165, 1.54) is 44.9 Å². The van der Waals surface area contributed by atoms with Crippen LogP contribution in [0.2, 0.25) is 0 Å². The van der Waals surface area contributed by atoms with E-state index in [2.05, 4.69) is 58.8 Å². The predicted molar refractivity (Wildman–Crippen MR) is 193 cm³/mol. The number of aliphatic hydroxyl groups is 4. The first-order valence-corrected chi connectivity index (χ1v) is 20.6. The number of hydrogen-bond acceptors (Lipinski definition) is 13. The van der Waals surface area contributed by atoms with Gasteiger partial charge in [-0.25, -0.2) is 13.9 Å². The molecule has 0 heterocycles. The monoisotopic (exact) mass is 800 g/mol. The normalized spacial score (nSPS) is 22.1. The molecule has 1 fully saturated rings. The van der Waals surface area contributed by atoms with E-state index >= 15 is 0 Å². The molecule has 0 aliphatic heterocycles. The van der Waals surface area contributed by atoms with Crippen LogP contribution in [0.1, 0.15) is 96.8 Å². The molecule has 0 aromatic heterocycles. The molecule has 1 aliphatic rings. The number of unbranched alkanes of at least 4 members (excludes halogenated alkanes) is 12. The molecule has 0 bridgehead atoms. The summed E-state index contributed by atoms with van der Waals surface area (Å²) in [6.07, 6.45) is 3.94. The van der Waals surface area contributed by atoms with Crippen molar-refractivity contribution in [1.82, 2.24) is 0 Å². The Morgan fingerprint density at radius 1 is 0.648 bits per heavy atom. The number of hydrogen-bond donors (Lipinski definition) is 7. The molecule has 8 atom stereocenters. The SMILES string of the molecule is C#CC#CC#CC#CC#CC(=O)OC[C@H](COP(=O)(O)OC1C(O)[C@@H](O)C(O)[C@@H](OP(=O)(O)O)[C@H]1O)OC(=O)CCCCCCCCCCCCCCC. The Labute approximate surface area is 316 Å². The van der Waals surface area contributed by atoms with Crippen LogP contribution in [0.25, 0.3) is 0 Å².